The molecular weight excluding hydrogens is 477 g/mol. The number of carbonyl (C=O) groups is 3. The Labute approximate surface area is 205 Å². The van der Waals surface area contributed by atoms with E-state index in [0.717, 1.165) is 4.90 Å². The van der Waals surface area contributed by atoms with E-state index in [0.29, 0.717) is 0 Å². The van der Waals surface area contributed by atoms with Crippen LogP contribution in [0.5, 0.6) is 11.5 Å². The molecule has 7 nitrogen and oxygen atoms in total. The summed E-state index contributed by atoms with van der Waals surface area (Å²) in [5, 5.41) is 1.91. The molecule has 1 atom stereocenters. The lowest BCUT2D eigenvalue weighted by atomic mass is 9.72. The van der Waals surface area contributed by atoms with Crippen molar-refractivity contribution in [1.29, 1.82) is 0 Å². The van der Waals surface area contributed by atoms with Crippen molar-refractivity contribution in [1.82, 2.24) is 5.32 Å². The number of benzene rings is 2. The number of halogens is 3. The molecule has 0 spiro atoms. The molecule has 0 saturated heterocycles. The number of ether oxygens (including phenoxy) is 2. The van der Waals surface area contributed by atoms with Crippen LogP contribution in [0.2, 0.25) is 0 Å². The van der Waals surface area contributed by atoms with Crippen LogP contribution in [-0.2, 0) is 9.59 Å². The second-order valence-corrected chi connectivity index (χ2v) is 9.51. The van der Waals surface area contributed by atoms with E-state index in [1.165, 1.54) is 44.6 Å². The summed E-state index contributed by atoms with van der Waals surface area (Å²) in [6.45, 7) is 3.50. The van der Waals surface area contributed by atoms with Gasteiger partial charge in [-0.2, -0.15) is 13.2 Å². The summed E-state index contributed by atoms with van der Waals surface area (Å²) in [6, 6.07) is 11.6. The normalized spacial score (nSPS) is 21.4. The number of nitrogens with zero attached hydrogens (tertiary/aromatic N) is 1. The maximum Gasteiger partial charge on any atom is 0.425 e. The number of Topliss-reactive ketones (excluding diaryl/α,β-unsaturated/α-hetero) is 1. The smallest absolute Gasteiger partial charge is 0.425 e. The minimum atomic E-state index is -5.31. The second kappa shape index (κ2) is 8.69. The van der Waals surface area contributed by atoms with E-state index in [4.69, 9.17) is 9.47 Å². The Bertz CT molecular complexity index is 1270. The number of amides is 2. The van der Waals surface area contributed by atoms with Gasteiger partial charge in [-0.05, 0) is 42.2 Å². The Morgan fingerprint density at radius 2 is 1.61 bits per heavy atom. The van der Waals surface area contributed by atoms with Crippen LogP contribution in [0.15, 0.2) is 59.8 Å². The average Bonchev–Trinajstić information content (AvgIpc) is 3.06. The maximum atomic E-state index is 14.9. The van der Waals surface area contributed by atoms with Gasteiger partial charge in [0.2, 0.25) is 5.54 Å². The molecule has 2 aromatic rings. The Balaban J connectivity index is 1.90. The summed E-state index contributed by atoms with van der Waals surface area (Å²) in [7, 11) is 2.68. The van der Waals surface area contributed by atoms with Crippen molar-refractivity contribution in [3.05, 3.63) is 65.4 Å². The van der Waals surface area contributed by atoms with Gasteiger partial charge in [0, 0.05) is 23.4 Å². The molecule has 0 bridgehead atoms. The summed E-state index contributed by atoms with van der Waals surface area (Å²) >= 11 is 0. The summed E-state index contributed by atoms with van der Waals surface area (Å²) in [5.41, 5.74) is -5.05. The zero-order valence-corrected chi connectivity index (χ0v) is 20.2. The average molecular weight is 502 g/mol. The van der Waals surface area contributed by atoms with Gasteiger partial charge < -0.3 is 14.8 Å². The fraction of sp³-hybridized carbons (Fsp3) is 0.346. The highest BCUT2D eigenvalue weighted by Crippen LogP contribution is 2.52. The fourth-order valence-corrected chi connectivity index (χ4v) is 4.82. The van der Waals surface area contributed by atoms with Crippen molar-refractivity contribution in [2.24, 2.45) is 5.41 Å². The molecule has 1 heterocycles. The number of para-hydroxylation sites is 1. The molecule has 0 aromatic heterocycles. The van der Waals surface area contributed by atoms with E-state index in [1.807, 2.05) is 5.32 Å². The standard InChI is InChI=1S/C26H25F3N2O5/c1-24(2)13-17-21(18(32)14-24)25(26(27,28)29,23(34)31(17)16-8-6-5-7-9-16)30-22(33)15-10-11-19(35-3)20(12-15)36-4/h5-12H,13-14H2,1-4H3,(H,30,33). The first kappa shape index (κ1) is 25.3. The number of hydrogen-bond donors (Lipinski definition) is 1. The second-order valence-electron chi connectivity index (χ2n) is 9.51. The van der Waals surface area contributed by atoms with Gasteiger partial charge in [0.25, 0.3) is 11.8 Å². The largest absolute Gasteiger partial charge is 0.493 e. The predicted molar refractivity (Wildman–Crippen MR) is 125 cm³/mol. The molecule has 0 fully saturated rings. The topological polar surface area (TPSA) is 84.9 Å². The molecule has 4 rings (SSSR count). The molecule has 1 aliphatic carbocycles. The summed E-state index contributed by atoms with van der Waals surface area (Å²) < 4.78 is 55.1. The van der Waals surface area contributed by atoms with Crippen LogP contribution < -0.4 is 19.7 Å². The van der Waals surface area contributed by atoms with Crippen molar-refractivity contribution in [2.75, 3.05) is 19.1 Å². The Kier molecular flexibility index (Phi) is 6.10. The van der Waals surface area contributed by atoms with E-state index in [2.05, 4.69) is 0 Å². The Morgan fingerprint density at radius 1 is 0.972 bits per heavy atom. The summed E-state index contributed by atoms with van der Waals surface area (Å²) in [6.07, 6.45) is -5.47. The maximum absolute atomic E-state index is 14.9. The van der Waals surface area contributed by atoms with E-state index in [9.17, 15) is 27.6 Å². The minimum absolute atomic E-state index is 0.0404. The lowest BCUT2D eigenvalue weighted by Crippen LogP contribution is -2.66. The zero-order valence-electron chi connectivity index (χ0n) is 20.2. The highest BCUT2D eigenvalue weighted by molar-refractivity contribution is 6.21. The van der Waals surface area contributed by atoms with Gasteiger partial charge in [0.15, 0.2) is 17.3 Å². The van der Waals surface area contributed by atoms with Gasteiger partial charge in [0.1, 0.15) is 0 Å². The first-order valence-electron chi connectivity index (χ1n) is 11.1. The molecule has 10 heteroatoms. The molecule has 1 aliphatic heterocycles. The van der Waals surface area contributed by atoms with Crippen LogP contribution in [-0.4, -0.2) is 43.5 Å². The summed E-state index contributed by atoms with van der Waals surface area (Å²) in [4.78, 5) is 41.1. The molecule has 2 aliphatic rings. The van der Waals surface area contributed by atoms with Crippen molar-refractivity contribution >= 4 is 23.3 Å². The van der Waals surface area contributed by atoms with Crippen LogP contribution in [0.25, 0.3) is 0 Å². The molecule has 1 N–H and O–H groups in total. The molecule has 190 valence electrons. The Morgan fingerprint density at radius 3 is 2.19 bits per heavy atom. The van der Waals surface area contributed by atoms with Gasteiger partial charge >= 0.3 is 6.18 Å². The predicted octanol–water partition coefficient (Wildman–Crippen LogP) is 4.42. The Hall–Kier alpha value is -3.82. The molecule has 0 radical (unpaired) electrons. The first-order chi connectivity index (χ1) is 16.9. The van der Waals surface area contributed by atoms with Crippen LogP contribution in [0, 0.1) is 5.41 Å². The highest BCUT2D eigenvalue weighted by Gasteiger charge is 2.72. The molecule has 36 heavy (non-hydrogen) atoms. The first-order valence-corrected chi connectivity index (χ1v) is 11.1. The van der Waals surface area contributed by atoms with Gasteiger partial charge in [-0.25, -0.2) is 0 Å². The number of anilines is 1. The van der Waals surface area contributed by atoms with Gasteiger partial charge in [-0.15, -0.1) is 0 Å². The van der Waals surface area contributed by atoms with Crippen molar-refractivity contribution in [2.45, 2.75) is 38.4 Å². The van der Waals surface area contributed by atoms with Gasteiger partial charge in [-0.3, -0.25) is 19.3 Å². The van der Waals surface area contributed by atoms with E-state index < -0.39 is 40.3 Å². The number of carbonyl (C=O) groups excluding carboxylic acids is 3. The number of rotatable bonds is 5. The zero-order chi connectivity index (χ0) is 26.5. The number of allylic oxidation sites excluding steroid dienone is 1. The third-order valence-electron chi connectivity index (χ3n) is 6.41. The van der Waals surface area contributed by atoms with E-state index in [-0.39, 0.29) is 41.3 Å². The molecule has 0 saturated carbocycles. The third-order valence-corrected chi connectivity index (χ3v) is 6.41. The lowest BCUT2D eigenvalue weighted by molar-refractivity contribution is -0.186. The monoisotopic (exact) mass is 502 g/mol. The van der Waals surface area contributed by atoms with Crippen LogP contribution in [0.1, 0.15) is 37.0 Å². The van der Waals surface area contributed by atoms with Crippen molar-refractivity contribution in [3.8, 4) is 11.5 Å². The minimum Gasteiger partial charge on any atom is -0.493 e. The van der Waals surface area contributed by atoms with Crippen LogP contribution in [0.3, 0.4) is 0 Å². The number of hydrogen-bond acceptors (Lipinski definition) is 5. The quantitative estimate of drug-likeness (QED) is 0.654. The van der Waals surface area contributed by atoms with E-state index >= 15 is 0 Å². The van der Waals surface area contributed by atoms with Crippen LogP contribution in [0.4, 0.5) is 18.9 Å². The SMILES string of the molecule is COc1ccc(C(=O)NC2(C(F)(F)F)C(=O)N(c3ccccc3)C3=C2C(=O)CC(C)(C)C3)cc1OC. The van der Waals surface area contributed by atoms with Crippen molar-refractivity contribution < 1.29 is 37.0 Å². The number of alkyl halides is 3. The molecule has 1 unspecified atom stereocenters. The molecule has 2 aromatic carbocycles. The van der Waals surface area contributed by atoms with Crippen LogP contribution >= 0.6 is 0 Å². The molecular formula is C26H25F3N2O5. The summed E-state index contributed by atoms with van der Waals surface area (Å²) in [5.74, 6) is -3.10. The highest BCUT2D eigenvalue weighted by atomic mass is 19.4. The number of ketones is 1. The van der Waals surface area contributed by atoms with Gasteiger partial charge in [-0.1, -0.05) is 32.0 Å². The number of nitrogens with one attached hydrogen (secondary N) is 1. The third kappa shape index (κ3) is 3.90. The number of methoxy groups -OCH3 is 2. The lowest BCUT2D eigenvalue weighted by Gasteiger charge is -2.35. The molecule has 2 amide bonds. The van der Waals surface area contributed by atoms with Gasteiger partial charge in [0.05, 0.1) is 19.8 Å². The fourth-order valence-electron chi connectivity index (χ4n) is 4.82. The van der Waals surface area contributed by atoms with Crippen molar-refractivity contribution in [3.63, 3.8) is 0 Å². The van der Waals surface area contributed by atoms with E-state index in [1.54, 1.807) is 32.0 Å².